The summed E-state index contributed by atoms with van der Waals surface area (Å²) in [6.07, 6.45) is 0. The van der Waals surface area contributed by atoms with Gasteiger partial charge in [-0.15, -0.1) is 0 Å². The van der Waals surface area contributed by atoms with Gasteiger partial charge in [-0.25, -0.2) is 15.0 Å². The minimum Gasteiger partial charge on any atom is -0.247 e. The summed E-state index contributed by atoms with van der Waals surface area (Å²) >= 11 is 0. The second-order valence-corrected chi connectivity index (χ2v) is 29.2. The smallest absolute Gasteiger partial charge is 0.0788 e. The lowest BCUT2D eigenvalue weighted by atomic mass is 9.94. The van der Waals surface area contributed by atoms with Crippen molar-refractivity contribution in [2.75, 3.05) is 0 Å². The fraction of sp³-hybridized carbons (Fsp3) is 0. The standard InChI is InChI=1S/C39H25N.C37H23N.C33H21N/c1-2-9-32-25-33(22-19-26(32)7-1)29-15-13-27(14-16-29)28-17-20-31(21-18-28)39-36-24-23-30-8-3-4-10-34(30)38(36)35-11-5-6-12-37(35)40-39;1-3-9-30-25(7-1)15-18-29-23-28(20-21-31(29)30)24-13-16-27(17-14-24)37-34-22-19-26-8-2-4-10-32(26)36(34)33-11-5-6-12-35(33)38-37;1-3-11-26-22(8-1)10-7-14-27(26)24-16-18-25(19-17-24)33-30-21-20-23-9-2-4-12-28(23)32(30)29-13-5-6-15-31(29)34-33/h1-25H;1-23H;1-21H. The molecule has 0 aliphatic rings. The van der Waals surface area contributed by atoms with Crippen LogP contribution in [0.25, 0.3) is 219 Å². The highest BCUT2D eigenvalue weighted by atomic mass is 14.7. The van der Waals surface area contributed by atoms with Crippen molar-refractivity contribution in [1.29, 1.82) is 0 Å². The number of para-hydroxylation sites is 3. The van der Waals surface area contributed by atoms with E-state index in [-0.39, 0.29) is 0 Å². The van der Waals surface area contributed by atoms with Crippen molar-refractivity contribution in [3.05, 3.63) is 419 Å². The molecule has 0 aliphatic carbocycles. The first kappa shape index (κ1) is 65.5. The molecule has 0 bridgehead atoms. The minimum absolute atomic E-state index is 1.02. The summed E-state index contributed by atoms with van der Waals surface area (Å²) in [6, 6.07) is 150. The maximum absolute atomic E-state index is 5.15. The van der Waals surface area contributed by atoms with E-state index in [9.17, 15) is 0 Å². The Balaban J connectivity index is 0.000000106. The topological polar surface area (TPSA) is 38.7 Å². The minimum atomic E-state index is 1.02. The molecule has 23 aromatic rings. The molecule has 0 amide bonds. The Bertz CT molecular complexity index is 7600. The molecule has 3 heteroatoms. The van der Waals surface area contributed by atoms with Gasteiger partial charge in [0.15, 0.2) is 0 Å². The van der Waals surface area contributed by atoms with Crippen LogP contribution in [0, 0.1) is 0 Å². The summed E-state index contributed by atoms with van der Waals surface area (Å²) in [7, 11) is 0. The molecule has 0 radical (unpaired) electrons. The molecule has 0 N–H and O–H groups in total. The molecule has 3 nitrogen and oxygen atoms in total. The van der Waals surface area contributed by atoms with Crippen LogP contribution < -0.4 is 0 Å². The molecular weight excluding hydrogens is 1350 g/mol. The summed E-state index contributed by atoms with van der Waals surface area (Å²) in [4.78, 5) is 15.4. The molecule has 0 aliphatic heterocycles. The van der Waals surface area contributed by atoms with Gasteiger partial charge >= 0.3 is 0 Å². The Hall–Kier alpha value is -14.8. The number of hydrogen-bond donors (Lipinski definition) is 0. The van der Waals surface area contributed by atoms with E-state index in [0.29, 0.717) is 0 Å². The quantitative estimate of drug-likeness (QED) is 0.149. The number of pyridine rings is 3. The van der Waals surface area contributed by atoms with Crippen LogP contribution in [0.1, 0.15) is 0 Å². The first-order valence-electron chi connectivity index (χ1n) is 38.4. The highest BCUT2D eigenvalue weighted by Gasteiger charge is 2.19. The van der Waals surface area contributed by atoms with E-state index >= 15 is 0 Å². The molecule has 20 aromatic carbocycles. The summed E-state index contributed by atoms with van der Waals surface area (Å²) in [5.41, 5.74) is 19.3. The van der Waals surface area contributed by atoms with Crippen LogP contribution >= 0.6 is 0 Å². The van der Waals surface area contributed by atoms with Crippen LogP contribution in [0.2, 0.25) is 0 Å². The number of fused-ring (bicyclic) bond motifs is 20. The van der Waals surface area contributed by atoms with E-state index in [4.69, 9.17) is 15.0 Å². The lowest BCUT2D eigenvalue weighted by Crippen LogP contribution is -1.91. The molecule has 0 saturated carbocycles. The van der Waals surface area contributed by atoms with Gasteiger partial charge in [0.2, 0.25) is 0 Å². The van der Waals surface area contributed by atoms with Gasteiger partial charge in [0.1, 0.15) is 0 Å². The number of nitrogens with zero attached hydrogens (tertiary/aromatic N) is 3. The van der Waals surface area contributed by atoms with Crippen LogP contribution in [0.3, 0.4) is 0 Å². The van der Waals surface area contributed by atoms with E-state index in [1.165, 1.54) is 168 Å². The van der Waals surface area contributed by atoms with E-state index in [1.54, 1.807) is 0 Å². The second-order valence-electron chi connectivity index (χ2n) is 29.2. The van der Waals surface area contributed by atoms with Crippen molar-refractivity contribution < 1.29 is 0 Å². The lowest BCUT2D eigenvalue weighted by molar-refractivity contribution is 1.43. The molecule has 0 unspecified atom stereocenters. The maximum atomic E-state index is 5.15. The van der Waals surface area contributed by atoms with Gasteiger partial charge in [-0.3, -0.25) is 0 Å². The van der Waals surface area contributed by atoms with Crippen LogP contribution in [0.5, 0.6) is 0 Å². The average molecular weight is 1420 g/mol. The summed E-state index contributed by atoms with van der Waals surface area (Å²) in [5.74, 6) is 0. The predicted molar refractivity (Wildman–Crippen MR) is 478 cm³/mol. The molecular formula is C109H69N3. The van der Waals surface area contributed by atoms with Crippen LogP contribution in [0.4, 0.5) is 0 Å². The van der Waals surface area contributed by atoms with Crippen LogP contribution in [-0.2, 0) is 0 Å². The summed E-state index contributed by atoms with van der Waals surface area (Å²) < 4.78 is 0. The Labute approximate surface area is 647 Å². The van der Waals surface area contributed by atoms with Gasteiger partial charge < -0.3 is 0 Å². The van der Waals surface area contributed by atoms with Crippen molar-refractivity contribution in [1.82, 2.24) is 15.0 Å². The largest absolute Gasteiger partial charge is 0.247 e. The molecule has 3 heterocycles. The van der Waals surface area contributed by atoms with Crippen molar-refractivity contribution in [2.24, 2.45) is 0 Å². The van der Waals surface area contributed by atoms with E-state index in [2.05, 4.69) is 419 Å². The number of rotatable bonds is 7. The predicted octanol–water partition coefficient (Wildman–Crippen LogP) is 29.9. The molecule has 0 fully saturated rings. The normalized spacial score (nSPS) is 11.6. The molecule has 0 atom stereocenters. The maximum Gasteiger partial charge on any atom is 0.0788 e. The van der Waals surface area contributed by atoms with Crippen molar-refractivity contribution >= 4 is 140 Å². The van der Waals surface area contributed by atoms with E-state index < -0.39 is 0 Å². The van der Waals surface area contributed by atoms with Crippen LogP contribution in [0.15, 0.2) is 419 Å². The van der Waals surface area contributed by atoms with E-state index in [0.717, 1.165) is 50.3 Å². The zero-order valence-electron chi connectivity index (χ0n) is 61.2. The van der Waals surface area contributed by atoms with Gasteiger partial charge in [0.25, 0.3) is 0 Å². The van der Waals surface area contributed by atoms with Crippen molar-refractivity contribution in [3.63, 3.8) is 0 Å². The Morgan fingerprint density at radius 2 is 0.375 bits per heavy atom. The number of aromatic nitrogens is 3. The molecule has 0 saturated heterocycles. The summed E-state index contributed by atoms with van der Waals surface area (Å²) in [5, 5.41) is 28.7. The van der Waals surface area contributed by atoms with Gasteiger partial charge in [0.05, 0.1) is 33.6 Å². The zero-order chi connectivity index (χ0) is 74.0. The third-order valence-electron chi connectivity index (χ3n) is 22.7. The average Bonchev–Trinajstić information content (AvgIpc) is 0.749. The molecule has 3 aromatic heterocycles. The monoisotopic (exact) mass is 1420 g/mol. The fourth-order valence-electron chi connectivity index (χ4n) is 17.2. The van der Waals surface area contributed by atoms with Crippen molar-refractivity contribution in [3.8, 4) is 78.3 Å². The number of hydrogen-bond acceptors (Lipinski definition) is 3. The summed E-state index contributed by atoms with van der Waals surface area (Å²) in [6.45, 7) is 0. The lowest BCUT2D eigenvalue weighted by Gasteiger charge is -2.13. The molecule has 23 rings (SSSR count). The fourth-order valence-corrected chi connectivity index (χ4v) is 17.2. The van der Waals surface area contributed by atoms with Crippen LogP contribution in [-0.4, -0.2) is 15.0 Å². The Kier molecular flexibility index (Phi) is 16.3. The van der Waals surface area contributed by atoms with Gasteiger partial charge in [-0.1, -0.05) is 388 Å². The van der Waals surface area contributed by atoms with Gasteiger partial charge in [-0.05, 0) is 150 Å². The first-order chi connectivity index (χ1) is 55.5. The highest BCUT2D eigenvalue weighted by Crippen LogP contribution is 2.43. The zero-order valence-corrected chi connectivity index (χ0v) is 61.2. The SMILES string of the molecule is c1ccc2c(-c3ccc(-c4nc5ccccc5c5c4ccc4ccccc45)cc3)cccc2c1.c1ccc2c(c1)ccc1cc(-c3ccc(-c4nc5ccccc5c5c4ccc4ccccc45)cc3)ccc12.c1ccc2cc(-c3ccc(-c4ccc(-c5nc6ccccc6c6c5ccc5ccccc56)cc4)cc3)ccc2c1. The third-order valence-corrected chi connectivity index (χ3v) is 22.7. The van der Waals surface area contributed by atoms with Gasteiger partial charge in [-0.2, -0.15) is 0 Å². The third kappa shape index (κ3) is 11.8. The van der Waals surface area contributed by atoms with Gasteiger partial charge in [0, 0.05) is 65.2 Å². The Morgan fingerprint density at radius 1 is 0.125 bits per heavy atom. The second kappa shape index (κ2) is 27.8. The highest BCUT2D eigenvalue weighted by molar-refractivity contribution is 6.25. The van der Waals surface area contributed by atoms with Crippen molar-refractivity contribution in [2.45, 2.75) is 0 Å². The number of benzene rings is 20. The van der Waals surface area contributed by atoms with E-state index in [1.807, 2.05) is 0 Å². The molecule has 112 heavy (non-hydrogen) atoms. The molecule has 520 valence electrons. The first-order valence-corrected chi connectivity index (χ1v) is 38.4. The Morgan fingerprint density at radius 3 is 0.812 bits per heavy atom. The molecule has 0 spiro atoms.